The third kappa shape index (κ3) is 12.4. The molecule has 0 heterocycles. The zero-order chi connectivity index (χ0) is 26.4. The Labute approximate surface area is 198 Å². The van der Waals surface area contributed by atoms with E-state index >= 15 is 0 Å². The molecular weight excluding hydrogens is 448 g/mol. The molecule has 0 aliphatic heterocycles. The Balaban J connectivity index is 4.81. The van der Waals surface area contributed by atoms with Crippen molar-refractivity contribution in [3.63, 3.8) is 0 Å². The van der Waals surface area contributed by atoms with Crippen molar-refractivity contribution >= 4 is 41.8 Å². The molecule has 0 saturated carbocycles. The zero-order valence-electron chi connectivity index (χ0n) is 20.1. The van der Waals surface area contributed by atoms with Crippen LogP contribution in [0.5, 0.6) is 0 Å². The van der Waals surface area contributed by atoms with E-state index < -0.39 is 59.7 Å². The lowest BCUT2D eigenvalue weighted by Gasteiger charge is -2.22. The lowest BCUT2D eigenvalue weighted by atomic mass is 10.1. The van der Waals surface area contributed by atoms with Gasteiger partial charge in [0.2, 0.25) is 29.5 Å². The van der Waals surface area contributed by atoms with Gasteiger partial charge >= 0.3 is 0 Å². The molecule has 0 radical (unpaired) electrons. The van der Waals surface area contributed by atoms with Gasteiger partial charge in [0.25, 0.3) is 0 Å². The van der Waals surface area contributed by atoms with Gasteiger partial charge in [0, 0.05) is 13.5 Å². The highest BCUT2D eigenvalue weighted by Gasteiger charge is 2.26. The van der Waals surface area contributed by atoms with E-state index in [0.29, 0.717) is 12.7 Å². The van der Waals surface area contributed by atoms with E-state index in [1.165, 1.54) is 34.6 Å². The average Bonchev–Trinajstić information content (AvgIpc) is 2.74. The Kier molecular flexibility index (Phi) is 13.5. The smallest absolute Gasteiger partial charge is 0.243 e. The number of nitrogens with zero attached hydrogens (tertiary/aromatic N) is 1. The lowest BCUT2D eigenvalue weighted by molar-refractivity contribution is -0.134. The second kappa shape index (κ2) is 15.2. The summed E-state index contributed by atoms with van der Waals surface area (Å²) in [6, 6.07) is -4.59. The number of rotatable bonds is 14. The van der Waals surface area contributed by atoms with Crippen LogP contribution in [0.25, 0.3) is 0 Å². The fraction of sp³-hybridized carbons (Fsp3) is 0.650. The summed E-state index contributed by atoms with van der Waals surface area (Å²) in [5.41, 5.74) is 10.5. The molecule has 0 aromatic carbocycles. The van der Waals surface area contributed by atoms with Crippen LogP contribution in [0.15, 0.2) is 4.99 Å². The molecule has 0 saturated heterocycles. The summed E-state index contributed by atoms with van der Waals surface area (Å²) in [7, 11) is 0. The number of amides is 5. The van der Waals surface area contributed by atoms with Crippen LogP contribution < -0.4 is 38.1 Å². The van der Waals surface area contributed by atoms with E-state index in [1.807, 2.05) is 0 Å². The summed E-state index contributed by atoms with van der Waals surface area (Å²) in [5.74, 6) is -2.95. The fourth-order valence-corrected chi connectivity index (χ4v) is 2.59. The predicted octanol–water partition coefficient (Wildman–Crippen LogP) is -3.24. The molecule has 34 heavy (non-hydrogen) atoms. The Morgan fingerprint density at radius 2 is 1.21 bits per heavy atom. The lowest BCUT2D eigenvalue weighted by Crippen LogP contribution is -2.56. The van der Waals surface area contributed by atoms with E-state index in [0.717, 1.165) is 0 Å². The molecule has 5 amide bonds. The minimum Gasteiger partial charge on any atom is -0.370 e. The molecule has 9 N–H and O–H groups in total. The fourth-order valence-electron chi connectivity index (χ4n) is 2.59. The van der Waals surface area contributed by atoms with Gasteiger partial charge in [0.05, 0.1) is 6.04 Å². The molecule has 5 atom stereocenters. The maximum atomic E-state index is 12.5. The predicted molar refractivity (Wildman–Crippen MR) is 124 cm³/mol. The molecule has 0 bridgehead atoms. The standard InChI is InChI=1S/C20H36N8O6/c1-10(9-29)24-16(31)11(2)25-17(32)12(3)26-18(33)13(4)27-19(34)15(28-14(5)30)7-6-8-23-20(21)22/h9-13,15H,6-8H2,1-5H3,(H,24,31)(H,25,32)(H,26,33)(H,27,34)(H,28,30)(H4,21,22,23)/t10?,11?,12?,13?,15-/m1/s1. The second-order valence-electron chi connectivity index (χ2n) is 7.83. The molecule has 0 aromatic heterocycles. The van der Waals surface area contributed by atoms with Gasteiger partial charge in [0.15, 0.2) is 5.96 Å². The van der Waals surface area contributed by atoms with Crippen molar-refractivity contribution in [2.75, 3.05) is 6.54 Å². The molecular formula is C20H36N8O6. The van der Waals surface area contributed by atoms with Crippen LogP contribution in [0.3, 0.4) is 0 Å². The number of aldehydes is 1. The Hall–Kier alpha value is -3.71. The highest BCUT2D eigenvalue weighted by Crippen LogP contribution is 2.00. The molecule has 14 heteroatoms. The van der Waals surface area contributed by atoms with E-state index in [4.69, 9.17) is 11.5 Å². The number of aliphatic imine (C=N–C) groups is 1. The van der Waals surface area contributed by atoms with Gasteiger partial charge in [-0.15, -0.1) is 0 Å². The van der Waals surface area contributed by atoms with Crippen LogP contribution >= 0.6 is 0 Å². The maximum absolute atomic E-state index is 12.5. The molecule has 0 spiro atoms. The Morgan fingerprint density at radius 1 is 0.765 bits per heavy atom. The van der Waals surface area contributed by atoms with Crippen molar-refractivity contribution in [2.24, 2.45) is 16.5 Å². The van der Waals surface area contributed by atoms with Gasteiger partial charge in [0.1, 0.15) is 30.5 Å². The Bertz CT molecular complexity index is 783. The molecule has 14 nitrogen and oxygen atoms in total. The first kappa shape index (κ1) is 30.3. The number of guanidine groups is 1. The Morgan fingerprint density at radius 3 is 1.62 bits per heavy atom. The molecule has 192 valence electrons. The van der Waals surface area contributed by atoms with Crippen molar-refractivity contribution in [1.82, 2.24) is 26.6 Å². The molecule has 4 unspecified atom stereocenters. The van der Waals surface area contributed by atoms with Crippen molar-refractivity contribution in [2.45, 2.75) is 77.7 Å². The van der Waals surface area contributed by atoms with Crippen LogP contribution in [0.4, 0.5) is 0 Å². The molecule has 0 fully saturated rings. The monoisotopic (exact) mass is 484 g/mol. The third-order valence-electron chi connectivity index (χ3n) is 4.47. The van der Waals surface area contributed by atoms with E-state index in [2.05, 4.69) is 31.6 Å². The molecule has 0 rings (SSSR count). The number of carbonyl (C=O) groups excluding carboxylic acids is 6. The molecule has 0 aromatic rings. The number of hydrogen-bond acceptors (Lipinski definition) is 7. The highest BCUT2D eigenvalue weighted by molar-refractivity contribution is 5.95. The minimum absolute atomic E-state index is 0.0884. The number of hydrogen-bond donors (Lipinski definition) is 7. The van der Waals surface area contributed by atoms with Crippen molar-refractivity contribution < 1.29 is 28.8 Å². The van der Waals surface area contributed by atoms with Crippen LogP contribution in [-0.2, 0) is 28.8 Å². The molecule has 0 aliphatic rings. The third-order valence-corrected chi connectivity index (χ3v) is 4.47. The average molecular weight is 485 g/mol. The van der Waals surface area contributed by atoms with Gasteiger partial charge in [-0.2, -0.15) is 0 Å². The summed E-state index contributed by atoms with van der Waals surface area (Å²) >= 11 is 0. The largest absolute Gasteiger partial charge is 0.370 e. The van der Waals surface area contributed by atoms with E-state index in [1.54, 1.807) is 0 Å². The first-order chi connectivity index (χ1) is 15.8. The number of nitrogens with one attached hydrogen (secondary N) is 5. The summed E-state index contributed by atoms with van der Waals surface area (Å²) < 4.78 is 0. The number of nitrogens with two attached hydrogens (primary N) is 2. The van der Waals surface area contributed by atoms with Crippen molar-refractivity contribution in [3.8, 4) is 0 Å². The van der Waals surface area contributed by atoms with Crippen molar-refractivity contribution in [3.05, 3.63) is 0 Å². The normalized spacial score (nSPS) is 14.7. The summed E-state index contributed by atoms with van der Waals surface area (Å²) in [4.78, 5) is 75.0. The number of carbonyl (C=O) groups is 6. The van der Waals surface area contributed by atoms with Crippen LogP contribution in [-0.4, -0.2) is 78.5 Å². The maximum Gasteiger partial charge on any atom is 0.243 e. The summed E-state index contributed by atoms with van der Waals surface area (Å²) in [5, 5.41) is 12.3. The SMILES string of the molecule is CC(=O)N[C@H](CCCN=C(N)N)C(=O)NC(C)C(=O)NC(C)C(=O)NC(C)C(=O)NC(C)C=O. The topological polar surface area (TPSA) is 227 Å². The summed E-state index contributed by atoms with van der Waals surface area (Å²) in [6.45, 7) is 7.26. The van der Waals surface area contributed by atoms with Crippen LogP contribution in [0.2, 0.25) is 0 Å². The van der Waals surface area contributed by atoms with Crippen LogP contribution in [0, 0.1) is 0 Å². The first-order valence-electron chi connectivity index (χ1n) is 10.8. The van der Waals surface area contributed by atoms with Gasteiger partial charge < -0.3 is 42.8 Å². The molecule has 0 aliphatic carbocycles. The first-order valence-corrected chi connectivity index (χ1v) is 10.8. The van der Waals surface area contributed by atoms with E-state index in [-0.39, 0.29) is 18.9 Å². The van der Waals surface area contributed by atoms with Gasteiger partial charge in [-0.25, -0.2) is 0 Å². The van der Waals surface area contributed by atoms with Crippen LogP contribution in [0.1, 0.15) is 47.5 Å². The minimum atomic E-state index is -1.02. The van der Waals surface area contributed by atoms with Gasteiger partial charge in [-0.3, -0.25) is 29.0 Å². The highest BCUT2D eigenvalue weighted by atomic mass is 16.2. The quantitative estimate of drug-likeness (QED) is 0.0572. The van der Waals surface area contributed by atoms with Gasteiger partial charge in [-0.05, 0) is 40.5 Å². The van der Waals surface area contributed by atoms with E-state index in [9.17, 15) is 28.8 Å². The zero-order valence-corrected chi connectivity index (χ0v) is 20.1. The van der Waals surface area contributed by atoms with Gasteiger partial charge in [-0.1, -0.05) is 0 Å². The van der Waals surface area contributed by atoms with Crippen molar-refractivity contribution in [1.29, 1.82) is 0 Å². The summed E-state index contributed by atoms with van der Waals surface area (Å²) in [6.07, 6.45) is 1.19. The second-order valence-corrected chi connectivity index (χ2v) is 7.83.